The minimum Gasteiger partial charge on any atom is -0.457 e. The van der Waals surface area contributed by atoms with Crippen molar-refractivity contribution in [1.82, 2.24) is 4.90 Å². The lowest BCUT2D eigenvalue weighted by molar-refractivity contribution is -0.123. The summed E-state index contributed by atoms with van der Waals surface area (Å²) in [6, 6.07) is 16.0. The van der Waals surface area contributed by atoms with E-state index in [1.807, 2.05) is 24.3 Å². The smallest absolute Gasteiger partial charge is 0.293 e. The fourth-order valence-electron chi connectivity index (χ4n) is 2.82. The van der Waals surface area contributed by atoms with Crippen LogP contribution in [0.15, 0.2) is 68.4 Å². The molecule has 146 valence electrons. The number of imide groups is 1. The van der Waals surface area contributed by atoms with Gasteiger partial charge in [0.1, 0.15) is 11.5 Å². The molecule has 0 N–H and O–H groups in total. The molecule has 4 nitrogen and oxygen atoms in total. The second kappa shape index (κ2) is 8.40. The minimum absolute atomic E-state index is 0.199. The zero-order valence-electron chi connectivity index (χ0n) is 14.7. The molecule has 1 saturated heterocycles. The largest absolute Gasteiger partial charge is 0.457 e. The third-order valence-corrected chi connectivity index (χ3v) is 6.50. The zero-order valence-corrected chi connectivity index (χ0v) is 18.6. The Morgan fingerprint density at radius 2 is 1.86 bits per heavy atom. The van der Waals surface area contributed by atoms with Gasteiger partial charge < -0.3 is 4.42 Å². The van der Waals surface area contributed by atoms with Gasteiger partial charge in [0.05, 0.1) is 16.5 Å². The van der Waals surface area contributed by atoms with Gasteiger partial charge >= 0.3 is 0 Å². The summed E-state index contributed by atoms with van der Waals surface area (Å²) in [7, 11) is 0. The van der Waals surface area contributed by atoms with Crippen LogP contribution in [0.3, 0.4) is 0 Å². The quantitative estimate of drug-likeness (QED) is 0.348. The first-order chi connectivity index (χ1) is 13.9. The van der Waals surface area contributed by atoms with Gasteiger partial charge in [0.25, 0.3) is 11.1 Å². The van der Waals surface area contributed by atoms with E-state index in [4.69, 9.17) is 27.6 Å². The fraction of sp³-hybridized carbons (Fsp3) is 0.0476. The molecule has 2 aromatic carbocycles. The minimum atomic E-state index is -0.352. The number of hydrogen-bond donors (Lipinski definition) is 0. The molecule has 0 bridgehead atoms. The van der Waals surface area contributed by atoms with Crippen molar-refractivity contribution in [2.75, 3.05) is 0 Å². The van der Waals surface area contributed by atoms with Gasteiger partial charge in [-0.3, -0.25) is 14.5 Å². The van der Waals surface area contributed by atoms with Gasteiger partial charge in [-0.15, -0.1) is 0 Å². The first kappa shape index (κ1) is 20.3. The number of hydrogen-bond acceptors (Lipinski definition) is 4. The first-order valence-corrected chi connectivity index (χ1v) is 10.8. The van der Waals surface area contributed by atoms with Crippen LogP contribution in [0.2, 0.25) is 10.0 Å². The Bertz CT molecular complexity index is 1160. The van der Waals surface area contributed by atoms with Gasteiger partial charge in [-0.1, -0.05) is 57.3 Å². The maximum Gasteiger partial charge on any atom is 0.293 e. The Morgan fingerprint density at radius 1 is 1.07 bits per heavy atom. The third-order valence-electron chi connectivity index (χ3n) is 4.25. The Hall–Kier alpha value is -1.99. The van der Waals surface area contributed by atoms with Gasteiger partial charge in [-0.2, -0.15) is 0 Å². The molecule has 0 saturated carbocycles. The summed E-state index contributed by atoms with van der Waals surface area (Å²) in [4.78, 5) is 26.6. The summed E-state index contributed by atoms with van der Waals surface area (Å²) in [6.45, 7) is 0.199. The molecule has 4 rings (SSSR count). The van der Waals surface area contributed by atoms with Crippen LogP contribution in [0, 0.1) is 0 Å². The topological polar surface area (TPSA) is 50.5 Å². The maximum absolute atomic E-state index is 12.7. The molecule has 8 heteroatoms. The Morgan fingerprint density at radius 3 is 2.66 bits per heavy atom. The van der Waals surface area contributed by atoms with E-state index >= 15 is 0 Å². The first-order valence-electron chi connectivity index (χ1n) is 8.46. The van der Waals surface area contributed by atoms with Gasteiger partial charge in [0.2, 0.25) is 0 Å². The molecule has 29 heavy (non-hydrogen) atoms. The Kier molecular flexibility index (Phi) is 5.88. The lowest BCUT2D eigenvalue weighted by Crippen LogP contribution is -2.27. The third kappa shape index (κ3) is 4.31. The van der Waals surface area contributed by atoms with E-state index in [9.17, 15) is 9.59 Å². The average molecular weight is 509 g/mol. The number of halogens is 3. The van der Waals surface area contributed by atoms with Gasteiger partial charge in [-0.25, -0.2) is 0 Å². The predicted molar refractivity (Wildman–Crippen MR) is 120 cm³/mol. The summed E-state index contributed by atoms with van der Waals surface area (Å²) < 4.78 is 6.65. The van der Waals surface area contributed by atoms with E-state index in [2.05, 4.69) is 15.9 Å². The van der Waals surface area contributed by atoms with E-state index in [1.165, 1.54) is 4.90 Å². The van der Waals surface area contributed by atoms with Crippen LogP contribution < -0.4 is 0 Å². The number of nitrogens with zero attached hydrogens (tertiary/aromatic N) is 1. The van der Waals surface area contributed by atoms with Crippen LogP contribution in [0.5, 0.6) is 0 Å². The van der Waals surface area contributed by atoms with Crippen LogP contribution in [0.4, 0.5) is 4.79 Å². The van der Waals surface area contributed by atoms with Crippen molar-refractivity contribution in [3.05, 3.63) is 85.3 Å². The number of rotatable bonds is 4. The molecule has 1 aromatic heterocycles. The average Bonchev–Trinajstić information content (AvgIpc) is 3.25. The standard InChI is InChI=1S/C21H12BrCl2NO3S/c22-16-4-2-1-3-12(16)11-25-20(26)19(29-21(25)27)10-14-6-8-18(28-14)15-9-13(23)5-7-17(15)24/h1-10H,11H2/b19-10+. The van der Waals surface area contributed by atoms with Crippen molar-refractivity contribution in [1.29, 1.82) is 0 Å². The highest BCUT2D eigenvalue weighted by atomic mass is 79.9. The van der Waals surface area contributed by atoms with Crippen molar-refractivity contribution < 1.29 is 14.0 Å². The molecular formula is C21H12BrCl2NO3S. The van der Waals surface area contributed by atoms with Crippen molar-refractivity contribution >= 4 is 68.1 Å². The fourth-order valence-corrected chi connectivity index (χ4v) is 4.44. The van der Waals surface area contributed by atoms with Gasteiger partial charge in [0, 0.05) is 21.1 Å². The van der Waals surface area contributed by atoms with E-state index in [0.29, 0.717) is 32.0 Å². The van der Waals surface area contributed by atoms with Crippen molar-refractivity contribution in [2.24, 2.45) is 0 Å². The van der Waals surface area contributed by atoms with Crippen molar-refractivity contribution in [2.45, 2.75) is 6.54 Å². The molecule has 0 aliphatic carbocycles. The molecule has 0 atom stereocenters. The summed E-state index contributed by atoms with van der Waals surface area (Å²) in [5.41, 5.74) is 1.51. The van der Waals surface area contributed by atoms with E-state index in [0.717, 1.165) is 21.8 Å². The monoisotopic (exact) mass is 507 g/mol. The summed E-state index contributed by atoms with van der Waals surface area (Å²) >= 11 is 16.6. The highest BCUT2D eigenvalue weighted by molar-refractivity contribution is 9.10. The highest BCUT2D eigenvalue weighted by Gasteiger charge is 2.35. The summed E-state index contributed by atoms with van der Waals surface area (Å²) in [5.74, 6) is 0.619. The van der Waals surface area contributed by atoms with Crippen LogP contribution in [0.25, 0.3) is 17.4 Å². The van der Waals surface area contributed by atoms with Gasteiger partial charge in [-0.05, 0) is 53.7 Å². The number of amides is 2. The molecule has 2 amide bonds. The van der Waals surface area contributed by atoms with Crippen molar-refractivity contribution in [3.63, 3.8) is 0 Å². The second-order valence-electron chi connectivity index (χ2n) is 6.19. The molecular weight excluding hydrogens is 497 g/mol. The molecule has 1 aliphatic heterocycles. The highest BCUT2D eigenvalue weighted by Crippen LogP contribution is 2.36. The van der Waals surface area contributed by atoms with Crippen LogP contribution in [0.1, 0.15) is 11.3 Å². The summed E-state index contributed by atoms with van der Waals surface area (Å²) in [5, 5.41) is 0.723. The lowest BCUT2D eigenvalue weighted by atomic mass is 10.2. The molecule has 3 aromatic rings. The number of thioether (sulfide) groups is 1. The van der Waals surface area contributed by atoms with E-state index in [-0.39, 0.29) is 17.7 Å². The Balaban J connectivity index is 1.57. The normalized spacial score (nSPS) is 15.6. The molecule has 0 radical (unpaired) electrons. The van der Waals surface area contributed by atoms with Crippen LogP contribution in [-0.2, 0) is 11.3 Å². The predicted octanol–water partition coefficient (Wildman–Crippen LogP) is 7.25. The molecule has 1 fully saturated rings. The van der Waals surface area contributed by atoms with Gasteiger partial charge in [0.15, 0.2) is 0 Å². The van der Waals surface area contributed by atoms with Crippen LogP contribution >= 0.6 is 50.9 Å². The van der Waals surface area contributed by atoms with E-state index in [1.54, 1.807) is 36.4 Å². The molecule has 1 aliphatic rings. The van der Waals surface area contributed by atoms with Crippen LogP contribution in [-0.4, -0.2) is 16.0 Å². The summed E-state index contributed by atoms with van der Waals surface area (Å²) in [6.07, 6.45) is 1.56. The van der Waals surface area contributed by atoms with E-state index < -0.39 is 0 Å². The van der Waals surface area contributed by atoms with Crippen molar-refractivity contribution in [3.8, 4) is 11.3 Å². The lowest BCUT2D eigenvalue weighted by Gasteiger charge is -2.13. The zero-order chi connectivity index (χ0) is 20.5. The SMILES string of the molecule is O=C1S/C(=C/c2ccc(-c3cc(Cl)ccc3Cl)o2)C(=O)N1Cc1ccccc1Br. The number of carbonyl (C=O) groups is 2. The molecule has 0 spiro atoms. The number of carbonyl (C=O) groups excluding carboxylic acids is 2. The molecule has 0 unspecified atom stereocenters. The number of furan rings is 1. The second-order valence-corrected chi connectivity index (χ2v) is 8.88. The molecule has 2 heterocycles. The maximum atomic E-state index is 12.7. The number of benzene rings is 2. The Labute approximate surface area is 189 Å².